The first-order valence-corrected chi connectivity index (χ1v) is 49.3. The van der Waals surface area contributed by atoms with E-state index in [4.69, 9.17) is 69.2 Å². The Balaban J connectivity index is 0.000000112. The van der Waals surface area contributed by atoms with Crippen LogP contribution in [0.3, 0.4) is 0 Å². The Hall–Kier alpha value is -14.3. The number of nitrogens with one attached hydrogen (secondary N) is 10. The topological polar surface area (TPSA) is 230 Å². The Morgan fingerprint density at radius 1 is 0.357 bits per heavy atom. The second-order valence-corrected chi connectivity index (χ2v) is 37.2. The lowest BCUT2D eigenvalue weighted by molar-refractivity contribution is 0.202. The van der Waals surface area contributed by atoms with Gasteiger partial charge in [0.15, 0.2) is 10.2 Å². The number of hydrogen-bond donors (Lipinski definition) is 11. The molecule has 0 spiro atoms. The molecule has 0 saturated heterocycles. The van der Waals surface area contributed by atoms with E-state index >= 15 is 0 Å². The minimum Gasteiger partial charge on any atom is -0.508 e. The first-order chi connectivity index (χ1) is 68.7. The van der Waals surface area contributed by atoms with Crippen molar-refractivity contribution in [2.45, 2.75) is 102 Å². The van der Waals surface area contributed by atoms with E-state index in [1.54, 1.807) is 34.5 Å². The first-order valence-electron chi connectivity index (χ1n) is 48.1. The van der Waals surface area contributed by atoms with E-state index in [1.165, 1.54) is 133 Å². The van der Waals surface area contributed by atoms with Crippen LogP contribution in [-0.4, -0.2) is 130 Å². The Morgan fingerprint density at radius 2 is 0.714 bits per heavy atom. The van der Waals surface area contributed by atoms with E-state index in [0.717, 1.165) is 137 Å². The van der Waals surface area contributed by atoms with Gasteiger partial charge in [-0.05, 0) is 270 Å². The highest BCUT2D eigenvalue weighted by atomic mass is 35.5. The Morgan fingerprint density at radius 3 is 1.14 bits per heavy atom. The molecule has 5 unspecified atom stereocenters. The van der Waals surface area contributed by atoms with E-state index in [9.17, 15) is 5.11 Å². The number of rotatable bonds is 21. The number of para-hydroxylation sites is 2. The zero-order valence-electron chi connectivity index (χ0n) is 79.5. The van der Waals surface area contributed by atoms with Crippen LogP contribution in [0.5, 0.6) is 40.2 Å². The van der Waals surface area contributed by atoms with Crippen LogP contribution in [-0.2, 0) is 56.7 Å². The van der Waals surface area contributed by atoms with E-state index in [-0.39, 0.29) is 30.2 Å². The maximum atomic E-state index is 9.71. The molecule has 23 rings (SSSR count). The van der Waals surface area contributed by atoms with Crippen LogP contribution in [0.4, 0.5) is 0 Å². The minimum absolute atomic E-state index is 0.0320. The van der Waals surface area contributed by atoms with Crippen molar-refractivity contribution in [3.8, 4) is 40.2 Å². The fourth-order valence-electron chi connectivity index (χ4n) is 20.0. The zero-order valence-corrected chi connectivity index (χ0v) is 81.9. The second-order valence-electron chi connectivity index (χ2n) is 36.0. The molecule has 5 aliphatic rings. The molecule has 20 nitrogen and oxygen atoms in total. The number of phenols is 1. The maximum absolute atomic E-state index is 9.71. The molecule has 712 valence electrons. The molecule has 18 aromatic rings. The molecule has 10 heterocycles. The van der Waals surface area contributed by atoms with Crippen LogP contribution in [0.15, 0.2) is 315 Å². The van der Waals surface area contributed by atoms with Crippen LogP contribution in [0.2, 0.25) is 5.02 Å². The van der Waals surface area contributed by atoms with Crippen LogP contribution in [0.1, 0.15) is 145 Å². The van der Waals surface area contributed by atoms with Crippen molar-refractivity contribution < 1.29 is 38.3 Å². The lowest BCUT2D eigenvalue weighted by Gasteiger charge is -2.38. The number of phenolic OH excluding ortho intramolecular Hbond substituents is 1. The average Bonchev–Trinajstić information content (AvgIpc) is 1.59. The van der Waals surface area contributed by atoms with Gasteiger partial charge in [0, 0.05) is 140 Å². The van der Waals surface area contributed by atoms with Crippen molar-refractivity contribution in [3.63, 3.8) is 0 Å². The highest BCUT2D eigenvalue weighted by Crippen LogP contribution is 2.44. The van der Waals surface area contributed by atoms with Gasteiger partial charge in [-0.3, -0.25) is 0 Å². The minimum atomic E-state index is 0.0320. The summed E-state index contributed by atoms with van der Waals surface area (Å²) in [4.78, 5) is 22.7. The van der Waals surface area contributed by atoms with Gasteiger partial charge in [-0.1, -0.05) is 200 Å². The number of H-pyrrole nitrogens is 5. The molecular weight excluding hydrogens is 1800 g/mol. The highest BCUT2D eigenvalue weighted by molar-refractivity contribution is 7.80. The van der Waals surface area contributed by atoms with Crippen LogP contribution in [0, 0.1) is 0 Å². The SMILES string of the molecule is COCCNC(=S)N1CCc2c([nH]c3ccccc23)C1c1ccc(OC)cc1.COc1ccc(C2NCCc3c2[nH]c2ccc(OCc4ccccc4)cc32)cc1.COc1ccc(C2c3[nH]c4ccccc4c3CCN2C(=S)NC(C)C)cc1.Oc1cccc(C2NCCc3c2[nH]c2ccc(Cl)cc32)c1.c1ccc(COc2ccc(C3NCCc4c3[nH]c3ccc(OCc5ccccc5)cc43)cc2)cc1. The number of ether oxygens (including phenoxy) is 7. The fourth-order valence-corrected chi connectivity index (χ4v) is 20.9. The molecule has 5 aliphatic heterocycles. The van der Waals surface area contributed by atoms with E-state index in [2.05, 4.69) is 251 Å². The first kappa shape index (κ1) is 94.6. The van der Waals surface area contributed by atoms with Crippen molar-refractivity contribution in [1.82, 2.24) is 61.3 Å². The third kappa shape index (κ3) is 21.4. The molecule has 0 radical (unpaired) electrons. The predicted molar refractivity (Wildman–Crippen MR) is 571 cm³/mol. The normalized spacial score (nSPS) is 16.1. The summed E-state index contributed by atoms with van der Waals surface area (Å²) >= 11 is 17.6. The zero-order chi connectivity index (χ0) is 96.0. The van der Waals surface area contributed by atoms with Crippen LogP contribution in [0.25, 0.3) is 54.5 Å². The Kier molecular flexibility index (Phi) is 29.9. The lowest BCUT2D eigenvalue weighted by Crippen LogP contribution is -2.47. The van der Waals surface area contributed by atoms with E-state index < -0.39 is 0 Å². The van der Waals surface area contributed by atoms with Crippen molar-refractivity contribution >= 4 is 101 Å². The summed E-state index contributed by atoms with van der Waals surface area (Å²) in [5.74, 6) is 5.57. The highest BCUT2D eigenvalue weighted by Gasteiger charge is 2.37. The number of aromatic nitrogens is 5. The largest absolute Gasteiger partial charge is 0.508 e. The number of nitrogens with zero attached hydrogens (tertiary/aromatic N) is 2. The van der Waals surface area contributed by atoms with Gasteiger partial charge in [-0.25, -0.2) is 0 Å². The lowest BCUT2D eigenvalue weighted by atomic mass is 9.92. The maximum Gasteiger partial charge on any atom is 0.169 e. The van der Waals surface area contributed by atoms with Crippen molar-refractivity contribution in [3.05, 3.63) is 421 Å². The Labute approximate surface area is 832 Å². The van der Waals surface area contributed by atoms with Gasteiger partial charge in [-0.2, -0.15) is 0 Å². The molecule has 5 aromatic heterocycles. The number of hydrogen-bond acceptors (Lipinski definition) is 13. The quantitative estimate of drug-likeness (QED) is 0.0237. The van der Waals surface area contributed by atoms with Gasteiger partial charge in [0.2, 0.25) is 0 Å². The summed E-state index contributed by atoms with van der Waals surface area (Å²) in [5, 5.41) is 35.9. The van der Waals surface area contributed by atoms with Crippen molar-refractivity contribution in [2.75, 3.05) is 74.3 Å². The monoisotopic (exact) mass is 1920 g/mol. The number of halogens is 1. The van der Waals surface area contributed by atoms with Crippen molar-refractivity contribution in [1.29, 1.82) is 0 Å². The smallest absolute Gasteiger partial charge is 0.169 e. The van der Waals surface area contributed by atoms with Gasteiger partial charge in [0.1, 0.15) is 60.1 Å². The van der Waals surface area contributed by atoms with Gasteiger partial charge in [0.05, 0.1) is 58.1 Å². The molecule has 0 bridgehead atoms. The third-order valence-corrected chi connectivity index (χ3v) is 27.8. The standard InChI is InChI=1S/C31H28N2O2.C25H24N2O2.C22H25N3O2S.C22H25N3OS.C17H15ClN2O/c1-3-7-22(8-4-1)20-34-25-13-11-24(12-14-25)30-31-27(17-18-32-30)28-19-26(15-16-29(28)33-31)35-21-23-9-5-2-6-10-23;1-28-19-9-7-18(8-10-19)24-25-21(13-14-26-24)22-15-20(11-12-23(22)27-25)29-16-17-5-3-2-4-6-17;1-26-14-12-23-22(28)25-13-11-18-17-5-3-4-6-19(17)24-20(18)21(25)15-7-9-16(27-2)10-8-15;1-14(2)23-22(27)25-13-12-18-17-6-4-5-7-19(17)24-20(18)21(25)15-8-10-16(26-3)11-9-15;18-11-4-5-15-14(9-11)13-6-7-19-16(17(13)20-15)10-2-1-3-12(21)8-10/h1-16,19,30,32-33H,17-18,20-21H2;2-12,15,24,26-27H,13-14,16H2,1H3;3-10,21,24H,11-14H2,1-2H3,(H,23,28);4-11,14,21,24H,12-13H2,1-3H3,(H,23,27);1-5,8-9,16,19-21H,6-7H2. The Bertz CT molecular complexity index is 7280. The molecule has 0 fully saturated rings. The van der Waals surface area contributed by atoms with Crippen molar-refractivity contribution in [2.24, 2.45) is 0 Å². The number of methoxy groups -OCH3 is 4. The molecule has 11 N–H and O–H groups in total. The molecule has 140 heavy (non-hydrogen) atoms. The van der Waals surface area contributed by atoms with Crippen LogP contribution >= 0.6 is 36.0 Å². The number of aromatic amines is 5. The second kappa shape index (κ2) is 44.2. The van der Waals surface area contributed by atoms with Gasteiger partial charge >= 0.3 is 0 Å². The summed E-state index contributed by atoms with van der Waals surface area (Å²) in [7, 11) is 6.77. The summed E-state index contributed by atoms with van der Waals surface area (Å²) in [6, 6.07) is 108. The average molecular weight is 1920 g/mol. The molecule has 23 heteroatoms. The summed E-state index contributed by atoms with van der Waals surface area (Å²) in [5.41, 5.74) is 28.2. The van der Waals surface area contributed by atoms with Crippen LogP contribution < -0.4 is 55.0 Å². The molecule has 13 aromatic carbocycles. The summed E-state index contributed by atoms with van der Waals surface area (Å²) < 4.78 is 39.3. The molecule has 0 saturated carbocycles. The number of aromatic hydroxyl groups is 1. The predicted octanol–water partition coefficient (Wildman–Crippen LogP) is 23.4. The summed E-state index contributed by atoms with van der Waals surface area (Å²) in [6.45, 7) is 11.8. The fraction of sp³-hybridized carbons (Fsp3) is 0.231. The third-order valence-electron chi connectivity index (χ3n) is 26.8. The molecular formula is C117H117ClN12O8S2. The van der Waals surface area contributed by atoms with Gasteiger partial charge in [-0.15, -0.1) is 0 Å². The van der Waals surface area contributed by atoms with Gasteiger partial charge in [0.25, 0.3) is 0 Å². The number of fused-ring (bicyclic) bond motifs is 15. The number of thiocarbonyl (C=S) groups is 2. The van der Waals surface area contributed by atoms with Gasteiger partial charge < -0.3 is 99.6 Å². The molecule has 0 aliphatic carbocycles. The van der Waals surface area contributed by atoms with E-state index in [1.807, 2.05) is 133 Å². The van der Waals surface area contributed by atoms with E-state index in [0.29, 0.717) is 44.8 Å². The molecule has 5 atom stereocenters. The number of benzene rings is 13. The summed E-state index contributed by atoms with van der Waals surface area (Å²) in [6.07, 6.45) is 4.91. The molecule has 0 amide bonds.